The van der Waals surface area contributed by atoms with Gasteiger partial charge in [0, 0.05) is 56.9 Å². The van der Waals surface area contributed by atoms with Gasteiger partial charge in [0.25, 0.3) is 0 Å². The van der Waals surface area contributed by atoms with Gasteiger partial charge in [0.15, 0.2) is 0 Å². The maximum absolute atomic E-state index is 5.40. The summed E-state index contributed by atoms with van der Waals surface area (Å²) in [5.74, 6) is 5.10. The van der Waals surface area contributed by atoms with Crippen LogP contribution in [0.25, 0.3) is 0 Å². The number of rotatable bonds is 6. The minimum atomic E-state index is 0.534. The van der Waals surface area contributed by atoms with Crippen molar-refractivity contribution >= 4 is 0 Å². The molecule has 0 spiro atoms. The van der Waals surface area contributed by atoms with Crippen LogP contribution in [-0.2, 0) is 9.47 Å². The fraction of sp³-hybridized carbons (Fsp3) is 0.653. The molecule has 0 radical (unpaired) electrons. The Hall–Kier alpha value is -3.13. The smallest absolute Gasteiger partial charge is 0.115 e. The molecule has 7 nitrogen and oxygen atoms in total. The zero-order valence-corrected chi connectivity index (χ0v) is 38.4. The molecular formula is C49H83N5O2. The van der Waals surface area contributed by atoms with Crippen molar-refractivity contribution in [2.45, 2.75) is 127 Å². The number of likely N-dealkylation sites (N-methyl/N-ethyl adjacent to an activating group) is 2. The Bertz CT molecular complexity index is 1320. The standard InChI is InChI=1S/2C9H17N.C8H11N.2C8H14O.C7H10N2/c1-8(2)9-4-6-10(3)7-5-9;1-8(2)9-5-4-6-10(3)7-9;1-7(2)8-4-3-5-9-6-8;1-7(2)8-3-5-9-6-4-8;1-7(2)8-5-3-4-6-9-8;1-6(2)7-3-8-5-9-4-7/h4,8H,5-7H2,1-3H3;5,8H,4,6-7H2,1-3H3;3-7H,1-2H3;3,7H,4-6H2,1-2H3;5,7H,3-4,6H2,1-2H3;3-6H,1-2H3. The third-order valence-electron chi connectivity index (χ3n) is 10.2. The minimum Gasteiger partial charge on any atom is -0.498 e. The van der Waals surface area contributed by atoms with Gasteiger partial charge < -0.3 is 19.3 Å². The third-order valence-corrected chi connectivity index (χ3v) is 10.2. The Balaban J connectivity index is 0.000000336. The maximum atomic E-state index is 5.40. The number of nitrogens with zero attached hydrogens (tertiary/aromatic N) is 5. The van der Waals surface area contributed by atoms with Gasteiger partial charge in [-0.05, 0) is 99.1 Å². The van der Waals surface area contributed by atoms with Crippen LogP contribution in [0.5, 0.6) is 0 Å². The third kappa shape index (κ3) is 23.8. The highest BCUT2D eigenvalue weighted by Crippen LogP contribution is 2.19. The molecule has 4 aliphatic rings. The van der Waals surface area contributed by atoms with Crippen LogP contribution in [0, 0.1) is 23.7 Å². The number of pyridine rings is 1. The SMILES string of the molecule is CC(C)C1=CCCCO1.CC(C)C1=CCCN(C)C1.CC(C)C1=CCN(C)CC1.CC(C)C1=CCOCC1.CC(C)c1cccnc1.CC(C)c1cncnc1. The molecule has 4 aliphatic heterocycles. The Morgan fingerprint density at radius 3 is 1.55 bits per heavy atom. The van der Waals surface area contributed by atoms with Crippen LogP contribution < -0.4 is 0 Å². The lowest BCUT2D eigenvalue weighted by Gasteiger charge is -2.24. The van der Waals surface area contributed by atoms with E-state index in [-0.39, 0.29) is 0 Å². The molecule has 316 valence electrons. The van der Waals surface area contributed by atoms with Gasteiger partial charge in [-0.25, -0.2) is 9.97 Å². The lowest BCUT2D eigenvalue weighted by Crippen LogP contribution is -2.27. The Morgan fingerprint density at radius 1 is 0.571 bits per heavy atom. The predicted octanol–water partition coefficient (Wildman–Crippen LogP) is 11.9. The zero-order chi connectivity index (χ0) is 41.9. The Morgan fingerprint density at radius 2 is 1.20 bits per heavy atom. The number of ether oxygens (including phenoxy) is 2. The van der Waals surface area contributed by atoms with E-state index in [1.165, 1.54) is 62.2 Å². The van der Waals surface area contributed by atoms with E-state index in [1.807, 2.05) is 24.7 Å². The molecule has 0 aliphatic carbocycles. The lowest BCUT2D eigenvalue weighted by molar-refractivity contribution is 0.151. The first-order valence-corrected chi connectivity index (χ1v) is 21.6. The minimum absolute atomic E-state index is 0.534. The largest absolute Gasteiger partial charge is 0.498 e. The van der Waals surface area contributed by atoms with Gasteiger partial charge in [-0.3, -0.25) is 4.98 Å². The molecule has 0 saturated heterocycles. The highest BCUT2D eigenvalue weighted by molar-refractivity contribution is 5.13. The van der Waals surface area contributed by atoms with Gasteiger partial charge in [-0.2, -0.15) is 0 Å². The normalized spacial score (nSPS) is 17.2. The summed E-state index contributed by atoms with van der Waals surface area (Å²) in [6.07, 6.45) is 24.2. The molecule has 0 N–H and O–H groups in total. The van der Waals surface area contributed by atoms with Crippen LogP contribution in [-0.4, -0.2) is 84.8 Å². The van der Waals surface area contributed by atoms with E-state index in [2.05, 4.69) is 152 Å². The van der Waals surface area contributed by atoms with Crippen LogP contribution in [0.4, 0.5) is 0 Å². The number of hydrogen-bond donors (Lipinski definition) is 0. The summed E-state index contributed by atoms with van der Waals surface area (Å²) in [5, 5.41) is 0. The molecule has 56 heavy (non-hydrogen) atoms. The van der Waals surface area contributed by atoms with Crippen molar-refractivity contribution in [1.82, 2.24) is 24.8 Å². The van der Waals surface area contributed by atoms with E-state index in [9.17, 15) is 0 Å². The van der Waals surface area contributed by atoms with E-state index < -0.39 is 0 Å². The average Bonchev–Trinajstić information content (AvgIpc) is 3.20. The van der Waals surface area contributed by atoms with Gasteiger partial charge in [-0.15, -0.1) is 0 Å². The van der Waals surface area contributed by atoms with Gasteiger partial charge in [0.1, 0.15) is 6.33 Å². The molecular weight excluding hydrogens is 691 g/mol. The molecule has 0 amide bonds. The summed E-state index contributed by atoms with van der Waals surface area (Å²) < 4.78 is 10.6. The van der Waals surface area contributed by atoms with Crippen LogP contribution in [0.1, 0.15) is 138 Å². The van der Waals surface area contributed by atoms with Crippen molar-refractivity contribution in [3.8, 4) is 0 Å². The summed E-state index contributed by atoms with van der Waals surface area (Å²) in [6.45, 7) is 33.9. The molecule has 0 bridgehead atoms. The summed E-state index contributed by atoms with van der Waals surface area (Å²) in [5.41, 5.74) is 7.29. The number of allylic oxidation sites excluding steroid dienone is 2. The summed E-state index contributed by atoms with van der Waals surface area (Å²) in [4.78, 5) is 16.5. The predicted molar refractivity (Wildman–Crippen MR) is 241 cm³/mol. The fourth-order valence-corrected chi connectivity index (χ4v) is 6.03. The quantitative estimate of drug-likeness (QED) is 0.271. The van der Waals surface area contributed by atoms with E-state index in [4.69, 9.17) is 9.47 Å². The second-order valence-corrected chi connectivity index (χ2v) is 17.2. The zero-order valence-electron chi connectivity index (χ0n) is 38.4. The van der Waals surface area contributed by atoms with E-state index in [0.717, 1.165) is 44.6 Å². The van der Waals surface area contributed by atoms with Crippen molar-refractivity contribution < 1.29 is 9.47 Å². The topological polar surface area (TPSA) is 63.6 Å². The molecule has 2 aromatic rings. The molecule has 0 atom stereocenters. The molecule has 7 heteroatoms. The molecule has 6 rings (SSSR count). The molecule has 0 unspecified atom stereocenters. The van der Waals surface area contributed by atoms with Gasteiger partial charge in [-0.1, -0.05) is 124 Å². The maximum Gasteiger partial charge on any atom is 0.115 e. The molecule has 0 fully saturated rings. The number of hydrogen-bond acceptors (Lipinski definition) is 7. The van der Waals surface area contributed by atoms with Crippen LogP contribution in [0.15, 0.2) is 90.0 Å². The van der Waals surface area contributed by atoms with Gasteiger partial charge >= 0.3 is 0 Å². The van der Waals surface area contributed by atoms with Crippen LogP contribution in [0.3, 0.4) is 0 Å². The lowest BCUT2D eigenvalue weighted by atomic mass is 9.97. The Kier molecular flexibility index (Phi) is 27.3. The van der Waals surface area contributed by atoms with Gasteiger partial charge in [0.05, 0.1) is 25.6 Å². The molecule has 6 heterocycles. The first kappa shape index (κ1) is 50.9. The average molecular weight is 774 g/mol. The molecule has 0 saturated carbocycles. The van der Waals surface area contributed by atoms with Crippen molar-refractivity contribution in [3.63, 3.8) is 0 Å². The Labute approximate surface area is 345 Å². The highest BCUT2D eigenvalue weighted by Gasteiger charge is 2.11. The van der Waals surface area contributed by atoms with E-state index in [1.54, 1.807) is 29.2 Å². The second kappa shape index (κ2) is 30.0. The first-order chi connectivity index (χ1) is 26.6. The van der Waals surface area contributed by atoms with Crippen LogP contribution >= 0.6 is 0 Å². The monoisotopic (exact) mass is 774 g/mol. The van der Waals surface area contributed by atoms with E-state index >= 15 is 0 Å². The molecule has 0 aromatic carbocycles. The second-order valence-electron chi connectivity index (χ2n) is 17.2. The first-order valence-electron chi connectivity index (χ1n) is 21.6. The van der Waals surface area contributed by atoms with Crippen molar-refractivity contribution in [3.05, 3.63) is 101 Å². The fourth-order valence-electron chi connectivity index (χ4n) is 6.03. The van der Waals surface area contributed by atoms with Crippen molar-refractivity contribution in [1.29, 1.82) is 0 Å². The van der Waals surface area contributed by atoms with Crippen molar-refractivity contribution in [2.24, 2.45) is 23.7 Å². The summed E-state index contributed by atoms with van der Waals surface area (Å²) in [6, 6.07) is 4.06. The van der Waals surface area contributed by atoms with E-state index in [0.29, 0.717) is 23.7 Å². The highest BCUT2D eigenvalue weighted by atomic mass is 16.5. The molecule has 2 aromatic heterocycles. The van der Waals surface area contributed by atoms with Crippen molar-refractivity contribution in [2.75, 3.05) is 60.1 Å². The summed E-state index contributed by atoms with van der Waals surface area (Å²) >= 11 is 0. The number of aromatic nitrogens is 3. The van der Waals surface area contributed by atoms with Crippen LogP contribution in [0.2, 0.25) is 0 Å². The van der Waals surface area contributed by atoms with Gasteiger partial charge in [0.2, 0.25) is 0 Å². The summed E-state index contributed by atoms with van der Waals surface area (Å²) in [7, 11) is 4.36.